The number of hydrazone groups is 1. The van der Waals surface area contributed by atoms with E-state index in [9.17, 15) is 14.9 Å². The molecule has 0 fully saturated rings. The van der Waals surface area contributed by atoms with E-state index in [2.05, 4.69) is 10.5 Å². The highest BCUT2D eigenvalue weighted by molar-refractivity contribution is 6.32. The fourth-order valence-corrected chi connectivity index (χ4v) is 3.24. The predicted molar refractivity (Wildman–Crippen MR) is 127 cm³/mol. The Morgan fingerprint density at radius 2 is 1.85 bits per heavy atom. The topological polar surface area (TPSA) is 103 Å². The van der Waals surface area contributed by atoms with Crippen LogP contribution in [0, 0.1) is 17.0 Å². The van der Waals surface area contributed by atoms with Gasteiger partial charge in [0, 0.05) is 22.7 Å². The highest BCUT2D eigenvalue weighted by Crippen LogP contribution is 2.36. The lowest BCUT2D eigenvalue weighted by Gasteiger charge is -2.13. The fourth-order valence-electron chi connectivity index (χ4n) is 2.79. The lowest BCUT2D eigenvalue weighted by molar-refractivity contribution is -0.384. The van der Waals surface area contributed by atoms with E-state index in [1.807, 2.05) is 6.92 Å². The van der Waals surface area contributed by atoms with Gasteiger partial charge in [-0.15, -0.1) is 0 Å². The lowest BCUT2D eigenvalue weighted by Crippen LogP contribution is -2.17. The number of carbonyl (C=O) groups excluding carboxylic acids is 1. The van der Waals surface area contributed by atoms with Crippen molar-refractivity contribution in [2.45, 2.75) is 13.5 Å². The third-order valence-corrected chi connectivity index (χ3v) is 5.28. The van der Waals surface area contributed by atoms with Crippen molar-refractivity contribution in [3.05, 3.63) is 97.0 Å². The van der Waals surface area contributed by atoms with Crippen molar-refractivity contribution in [1.82, 2.24) is 5.43 Å². The van der Waals surface area contributed by atoms with Gasteiger partial charge in [0.2, 0.25) is 0 Å². The number of nitrogens with zero attached hydrogens (tertiary/aromatic N) is 2. The van der Waals surface area contributed by atoms with Crippen LogP contribution < -0.4 is 14.9 Å². The Labute approximate surface area is 199 Å². The standard InChI is InChI=1S/C23H19Cl2N3O5/c1-14-3-6-17(11-19(14)24)23(29)27-26-12-16-9-20(25)22(21(10-16)32-2)33-13-15-4-7-18(8-5-15)28(30)31/h3-12H,13H2,1-2H3,(H,27,29)/b26-12-. The van der Waals surface area contributed by atoms with Gasteiger partial charge in [-0.3, -0.25) is 14.9 Å². The van der Waals surface area contributed by atoms with Crippen molar-refractivity contribution in [2.24, 2.45) is 5.10 Å². The van der Waals surface area contributed by atoms with E-state index in [4.69, 9.17) is 32.7 Å². The van der Waals surface area contributed by atoms with Gasteiger partial charge < -0.3 is 9.47 Å². The van der Waals surface area contributed by atoms with Crippen LogP contribution >= 0.6 is 23.2 Å². The zero-order valence-corrected chi connectivity index (χ0v) is 19.2. The van der Waals surface area contributed by atoms with Crippen LogP contribution in [0.15, 0.2) is 59.7 Å². The molecule has 0 aliphatic heterocycles. The first-order valence-electron chi connectivity index (χ1n) is 9.61. The molecule has 3 aromatic rings. The summed E-state index contributed by atoms with van der Waals surface area (Å²) in [6.07, 6.45) is 1.42. The minimum absolute atomic E-state index is 0.00410. The molecule has 0 saturated carbocycles. The highest BCUT2D eigenvalue weighted by atomic mass is 35.5. The maximum absolute atomic E-state index is 12.2. The molecule has 0 saturated heterocycles. The van der Waals surface area contributed by atoms with Crippen LogP contribution in [0.1, 0.15) is 27.0 Å². The van der Waals surface area contributed by atoms with Crippen molar-refractivity contribution in [2.75, 3.05) is 7.11 Å². The van der Waals surface area contributed by atoms with Gasteiger partial charge in [0.1, 0.15) is 6.61 Å². The summed E-state index contributed by atoms with van der Waals surface area (Å²) in [5, 5.41) is 15.5. The molecule has 0 spiro atoms. The number of halogens is 2. The predicted octanol–water partition coefficient (Wildman–Crippen LogP) is 5.56. The number of carbonyl (C=O) groups is 1. The molecule has 1 amide bonds. The number of nitro benzene ring substituents is 1. The largest absolute Gasteiger partial charge is 0.493 e. The van der Waals surface area contributed by atoms with Gasteiger partial charge in [-0.05, 0) is 60.0 Å². The molecule has 0 unspecified atom stereocenters. The Morgan fingerprint density at radius 1 is 1.12 bits per heavy atom. The molecule has 170 valence electrons. The second kappa shape index (κ2) is 10.8. The van der Waals surface area contributed by atoms with Gasteiger partial charge in [-0.1, -0.05) is 29.3 Å². The summed E-state index contributed by atoms with van der Waals surface area (Å²) in [7, 11) is 1.47. The molecule has 0 aliphatic rings. The molecule has 0 aromatic heterocycles. The van der Waals surface area contributed by atoms with Crippen LogP contribution in [0.5, 0.6) is 11.5 Å². The third kappa shape index (κ3) is 6.21. The Bertz CT molecular complexity index is 1210. The van der Waals surface area contributed by atoms with Crippen LogP contribution in [-0.2, 0) is 6.61 Å². The molecule has 0 radical (unpaired) electrons. The number of non-ortho nitro benzene ring substituents is 1. The van der Waals surface area contributed by atoms with Crippen molar-refractivity contribution in [1.29, 1.82) is 0 Å². The van der Waals surface area contributed by atoms with Gasteiger partial charge in [-0.2, -0.15) is 5.10 Å². The molecule has 0 heterocycles. The smallest absolute Gasteiger partial charge is 0.271 e. The molecule has 10 heteroatoms. The fraction of sp³-hybridized carbons (Fsp3) is 0.130. The first-order valence-corrected chi connectivity index (χ1v) is 10.4. The summed E-state index contributed by atoms with van der Waals surface area (Å²) in [5.74, 6) is 0.268. The first-order chi connectivity index (χ1) is 15.8. The number of nitrogens with one attached hydrogen (secondary N) is 1. The number of methoxy groups -OCH3 is 1. The average molecular weight is 488 g/mol. The van der Waals surface area contributed by atoms with Crippen LogP contribution in [-0.4, -0.2) is 24.2 Å². The summed E-state index contributed by atoms with van der Waals surface area (Å²) in [5.41, 5.74) is 4.98. The first kappa shape index (κ1) is 24.0. The van der Waals surface area contributed by atoms with Gasteiger partial charge >= 0.3 is 0 Å². The third-order valence-electron chi connectivity index (χ3n) is 4.60. The van der Waals surface area contributed by atoms with Crippen LogP contribution in [0.25, 0.3) is 0 Å². The van der Waals surface area contributed by atoms with Gasteiger partial charge in [0.05, 0.1) is 23.3 Å². The minimum Gasteiger partial charge on any atom is -0.493 e. The highest BCUT2D eigenvalue weighted by Gasteiger charge is 2.13. The molecule has 3 aromatic carbocycles. The molecule has 3 rings (SSSR count). The number of benzene rings is 3. The zero-order chi connectivity index (χ0) is 24.0. The van der Waals surface area contributed by atoms with Crippen molar-refractivity contribution >= 4 is 41.0 Å². The normalized spacial score (nSPS) is 10.8. The Balaban J connectivity index is 1.68. The van der Waals surface area contributed by atoms with E-state index in [1.54, 1.807) is 42.5 Å². The summed E-state index contributed by atoms with van der Waals surface area (Å²) >= 11 is 12.4. The molecule has 1 N–H and O–H groups in total. The zero-order valence-electron chi connectivity index (χ0n) is 17.7. The summed E-state index contributed by atoms with van der Waals surface area (Å²) in [6.45, 7) is 1.98. The van der Waals surface area contributed by atoms with E-state index in [1.165, 1.54) is 25.5 Å². The lowest BCUT2D eigenvalue weighted by atomic mass is 10.1. The summed E-state index contributed by atoms with van der Waals surface area (Å²) in [6, 6.07) is 14.2. The number of hydrogen-bond acceptors (Lipinski definition) is 6. The van der Waals surface area contributed by atoms with Crippen LogP contribution in [0.3, 0.4) is 0 Å². The van der Waals surface area contributed by atoms with Gasteiger partial charge in [0.15, 0.2) is 11.5 Å². The Morgan fingerprint density at radius 3 is 2.48 bits per heavy atom. The number of rotatable bonds is 8. The molecule has 33 heavy (non-hydrogen) atoms. The molecule has 0 bridgehead atoms. The molecular weight excluding hydrogens is 469 g/mol. The van der Waals surface area contributed by atoms with E-state index < -0.39 is 10.8 Å². The number of ether oxygens (including phenoxy) is 2. The maximum Gasteiger partial charge on any atom is 0.271 e. The Hall–Kier alpha value is -3.62. The van der Waals surface area contributed by atoms with E-state index in [0.29, 0.717) is 27.6 Å². The van der Waals surface area contributed by atoms with E-state index in [-0.39, 0.29) is 17.3 Å². The average Bonchev–Trinajstić information content (AvgIpc) is 2.80. The maximum atomic E-state index is 12.2. The molecule has 0 atom stereocenters. The molecule has 8 nitrogen and oxygen atoms in total. The van der Waals surface area contributed by atoms with E-state index >= 15 is 0 Å². The van der Waals surface area contributed by atoms with Crippen molar-refractivity contribution in [3.63, 3.8) is 0 Å². The second-order valence-electron chi connectivity index (χ2n) is 6.91. The van der Waals surface area contributed by atoms with Crippen molar-refractivity contribution < 1.29 is 19.2 Å². The second-order valence-corrected chi connectivity index (χ2v) is 7.72. The van der Waals surface area contributed by atoms with Gasteiger partial charge in [-0.25, -0.2) is 5.43 Å². The van der Waals surface area contributed by atoms with Crippen molar-refractivity contribution in [3.8, 4) is 11.5 Å². The number of hydrogen-bond donors (Lipinski definition) is 1. The quantitative estimate of drug-likeness (QED) is 0.254. The number of aryl methyl sites for hydroxylation is 1. The van der Waals surface area contributed by atoms with Gasteiger partial charge in [0.25, 0.3) is 11.6 Å². The number of nitro groups is 1. The molecule has 0 aliphatic carbocycles. The summed E-state index contributed by atoms with van der Waals surface area (Å²) < 4.78 is 11.1. The monoisotopic (exact) mass is 487 g/mol. The summed E-state index contributed by atoms with van der Waals surface area (Å²) in [4.78, 5) is 22.5. The molecular formula is C23H19Cl2N3O5. The number of amides is 1. The minimum atomic E-state index is -0.469. The SMILES string of the molecule is COc1cc(/C=N\NC(=O)c2ccc(C)c(Cl)c2)cc(Cl)c1OCc1ccc([N+](=O)[O-])cc1. The van der Waals surface area contributed by atoms with Crippen LogP contribution in [0.2, 0.25) is 10.0 Å². The Kier molecular flexibility index (Phi) is 7.87. The van der Waals surface area contributed by atoms with Crippen LogP contribution in [0.4, 0.5) is 5.69 Å². The van der Waals surface area contributed by atoms with E-state index in [0.717, 1.165) is 11.1 Å².